The van der Waals surface area contributed by atoms with Gasteiger partial charge < -0.3 is 5.73 Å². The predicted molar refractivity (Wildman–Crippen MR) is 92.0 cm³/mol. The van der Waals surface area contributed by atoms with Gasteiger partial charge in [-0.1, -0.05) is 33.6 Å². The highest BCUT2D eigenvalue weighted by Crippen LogP contribution is 2.30. The van der Waals surface area contributed by atoms with E-state index in [4.69, 9.17) is 17.3 Å². The number of rotatable bonds is 4. The molecular weight excluding hydrogens is 443 g/mol. The van der Waals surface area contributed by atoms with Crippen molar-refractivity contribution in [2.75, 3.05) is 4.72 Å². The maximum Gasteiger partial charge on any atom is 0.263 e. The molecule has 0 aliphatic rings. The molecule has 0 aliphatic carbocycles. The fourth-order valence-electron chi connectivity index (χ4n) is 1.66. The van der Waals surface area contributed by atoms with Crippen molar-refractivity contribution < 1.29 is 8.42 Å². The van der Waals surface area contributed by atoms with Gasteiger partial charge in [-0.05, 0) is 51.8 Å². The molecule has 0 heterocycles. The number of nitrogens with two attached hydrogens (primary N) is 1. The van der Waals surface area contributed by atoms with Gasteiger partial charge in [0.1, 0.15) is 4.90 Å². The molecule has 0 saturated carbocycles. The molecule has 0 radical (unpaired) electrons. The Morgan fingerprint density at radius 3 is 2.43 bits per heavy atom. The van der Waals surface area contributed by atoms with E-state index in [0.717, 1.165) is 10.0 Å². The molecular formula is C13H11Br2ClN2O2S. The van der Waals surface area contributed by atoms with Crippen LogP contribution in [0.3, 0.4) is 0 Å². The first-order chi connectivity index (χ1) is 9.83. The van der Waals surface area contributed by atoms with E-state index in [1.165, 1.54) is 6.07 Å². The van der Waals surface area contributed by atoms with Gasteiger partial charge in [0.05, 0.1) is 10.7 Å². The van der Waals surface area contributed by atoms with Gasteiger partial charge in [-0.15, -0.1) is 0 Å². The van der Waals surface area contributed by atoms with Gasteiger partial charge in [0.15, 0.2) is 0 Å². The van der Waals surface area contributed by atoms with E-state index in [9.17, 15) is 8.42 Å². The molecule has 0 saturated heterocycles. The standard InChI is InChI=1S/C13H11Br2ClN2O2S/c14-9-2-3-12(11(16)6-9)18-21(19,20)13-4-1-8(7-17)5-10(13)15/h1-6,18H,7,17H2. The minimum Gasteiger partial charge on any atom is -0.326 e. The Morgan fingerprint density at radius 2 is 1.86 bits per heavy atom. The molecule has 21 heavy (non-hydrogen) atoms. The quantitative estimate of drug-likeness (QED) is 0.730. The third-order valence-corrected chi connectivity index (χ3v) is 5.85. The van der Waals surface area contributed by atoms with Crippen LogP contribution in [0.1, 0.15) is 5.56 Å². The Morgan fingerprint density at radius 1 is 1.14 bits per heavy atom. The SMILES string of the molecule is NCc1ccc(S(=O)(=O)Nc2ccc(Br)cc2Cl)c(Br)c1. The fraction of sp³-hybridized carbons (Fsp3) is 0.0769. The lowest BCUT2D eigenvalue weighted by Gasteiger charge is -2.12. The lowest BCUT2D eigenvalue weighted by molar-refractivity contribution is 0.600. The molecule has 0 amide bonds. The normalized spacial score (nSPS) is 11.4. The highest BCUT2D eigenvalue weighted by Gasteiger charge is 2.19. The number of anilines is 1. The largest absolute Gasteiger partial charge is 0.326 e. The van der Waals surface area contributed by atoms with Gasteiger partial charge >= 0.3 is 0 Å². The van der Waals surface area contributed by atoms with Crippen LogP contribution in [0.4, 0.5) is 5.69 Å². The van der Waals surface area contributed by atoms with Crippen LogP contribution in [-0.4, -0.2) is 8.42 Å². The average molecular weight is 455 g/mol. The first kappa shape index (κ1) is 16.8. The molecule has 8 heteroatoms. The molecule has 4 nitrogen and oxygen atoms in total. The molecule has 2 aromatic carbocycles. The number of sulfonamides is 1. The molecule has 0 bridgehead atoms. The fourth-order valence-corrected chi connectivity index (χ4v) is 4.64. The summed E-state index contributed by atoms with van der Waals surface area (Å²) in [7, 11) is -3.74. The summed E-state index contributed by atoms with van der Waals surface area (Å²) < 4.78 is 28.5. The molecule has 2 aromatic rings. The summed E-state index contributed by atoms with van der Waals surface area (Å²) in [4.78, 5) is 0.124. The Hall–Kier alpha value is -0.600. The van der Waals surface area contributed by atoms with Gasteiger partial charge in [-0.25, -0.2) is 8.42 Å². The zero-order chi connectivity index (χ0) is 15.6. The first-order valence-corrected chi connectivity index (χ1v) is 9.24. The Kier molecular flexibility index (Phi) is 5.32. The molecule has 0 fully saturated rings. The van der Waals surface area contributed by atoms with E-state index in [2.05, 4.69) is 36.6 Å². The third-order valence-electron chi connectivity index (χ3n) is 2.70. The lowest BCUT2D eigenvalue weighted by atomic mass is 10.2. The van der Waals surface area contributed by atoms with Crippen LogP contribution in [0.15, 0.2) is 50.2 Å². The van der Waals surface area contributed by atoms with Crippen molar-refractivity contribution >= 4 is 59.2 Å². The van der Waals surface area contributed by atoms with Gasteiger partial charge in [-0.3, -0.25) is 4.72 Å². The smallest absolute Gasteiger partial charge is 0.263 e. The minimum atomic E-state index is -3.74. The Balaban J connectivity index is 2.38. The van der Waals surface area contributed by atoms with E-state index in [1.807, 2.05) is 0 Å². The zero-order valence-electron chi connectivity index (χ0n) is 10.6. The number of hydrogen-bond donors (Lipinski definition) is 2. The summed E-state index contributed by atoms with van der Waals surface area (Å²) in [6.45, 7) is 0.338. The molecule has 0 aromatic heterocycles. The van der Waals surface area contributed by atoms with E-state index in [0.29, 0.717) is 21.7 Å². The molecule has 0 spiro atoms. The molecule has 0 unspecified atom stereocenters. The first-order valence-electron chi connectivity index (χ1n) is 5.80. The summed E-state index contributed by atoms with van der Waals surface area (Å²) in [5.41, 5.74) is 6.68. The van der Waals surface area contributed by atoms with Gasteiger partial charge in [-0.2, -0.15) is 0 Å². The molecule has 0 aliphatic heterocycles. The van der Waals surface area contributed by atoms with Crippen molar-refractivity contribution in [2.45, 2.75) is 11.4 Å². The molecule has 112 valence electrons. The maximum absolute atomic E-state index is 12.4. The van der Waals surface area contributed by atoms with E-state index >= 15 is 0 Å². The van der Waals surface area contributed by atoms with Crippen molar-refractivity contribution in [2.24, 2.45) is 5.73 Å². The van der Waals surface area contributed by atoms with Crippen molar-refractivity contribution in [3.8, 4) is 0 Å². The summed E-state index contributed by atoms with van der Waals surface area (Å²) in [6, 6.07) is 9.76. The van der Waals surface area contributed by atoms with Gasteiger partial charge in [0, 0.05) is 15.5 Å². The number of benzene rings is 2. The maximum atomic E-state index is 12.4. The number of hydrogen-bond acceptors (Lipinski definition) is 3. The van der Waals surface area contributed by atoms with E-state index in [1.54, 1.807) is 30.3 Å². The molecule has 0 atom stereocenters. The summed E-state index contributed by atoms with van der Waals surface area (Å²) in [5, 5.41) is 0.308. The average Bonchev–Trinajstić information content (AvgIpc) is 2.41. The summed E-state index contributed by atoms with van der Waals surface area (Å²) in [6.07, 6.45) is 0. The predicted octanol–water partition coefficient (Wildman–Crippen LogP) is 4.12. The molecule has 3 N–H and O–H groups in total. The Labute approximate surface area is 145 Å². The lowest BCUT2D eigenvalue weighted by Crippen LogP contribution is -2.14. The summed E-state index contributed by atoms with van der Waals surface area (Å²) >= 11 is 12.5. The van der Waals surface area contributed by atoms with Crippen molar-refractivity contribution in [3.05, 3.63) is 55.9 Å². The van der Waals surface area contributed by atoms with Crippen molar-refractivity contribution in [1.29, 1.82) is 0 Å². The van der Waals surface area contributed by atoms with E-state index in [-0.39, 0.29) is 4.90 Å². The highest BCUT2D eigenvalue weighted by molar-refractivity contribution is 9.10. The monoisotopic (exact) mass is 452 g/mol. The highest BCUT2D eigenvalue weighted by atomic mass is 79.9. The van der Waals surface area contributed by atoms with Crippen LogP contribution in [0.2, 0.25) is 5.02 Å². The van der Waals surface area contributed by atoms with Crippen molar-refractivity contribution in [3.63, 3.8) is 0 Å². The third kappa shape index (κ3) is 3.98. The number of halogens is 3. The van der Waals surface area contributed by atoms with Crippen LogP contribution in [0.5, 0.6) is 0 Å². The van der Waals surface area contributed by atoms with E-state index < -0.39 is 10.0 Å². The van der Waals surface area contributed by atoms with Gasteiger partial charge in [0.2, 0.25) is 0 Å². The van der Waals surface area contributed by atoms with Crippen LogP contribution in [0.25, 0.3) is 0 Å². The minimum absolute atomic E-state index is 0.124. The zero-order valence-corrected chi connectivity index (χ0v) is 15.4. The Bertz CT molecular complexity index is 782. The second-order valence-corrected chi connectivity index (χ2v) is 8.03. The van der Waals surface area contributed by atoms with Crippen LogP contribution < -0.4 is 10.5 Å². The summed E-state index contributed by atoms with van der Waals surface area (Å²) in [5.74, 6) is 0. The topological polar surface area (TPSA) is 72.2 Å². The van der Waals surface area contributed by atoms with Crippen LogP contribution in [0, 0.1) is 0 Å². The van der Waals surface area contributed by atoms with Gasteiger partial charge in [0.25, 0.3) is 10.0 Å². The number of nitrogens with one attached hydrogen (secondary N) is 1. The van der Waals surface area contributed by atoms with Crippen LogP contribution in [-0.2, 0) is 16.6 Å². The van der Waals surface area contributed by atoms with Crippen LogP contribution >= 0.6 is 43.5 Å². The second-order valence-electron chi connectivity index (χ2n) is 4.20. The van der Waals surface area contributed by atoms with Crippen molar-refractivity contribution in [1.82, 2.24) is 0 Å². The molecule has 2 rings (SSSR count). The second kappa shape index (κ2) is 6.66.